The Morgan fingerprint density at radius 1 is 1.23 bits per heavy atom. The van der Waals surface area contributed by atoms with Crippen LogP contribution in [0.4, 0.5) is 5.69 Å². The van der Waals surface area contributed by atoms with Gasteiger partial charge in [0.05, 0.1) is 0 Å². The normalized spacial score (nSPS) is 11.8. The van der Waals surface area contributed by atoms with E-state index >= 15 is 0 Å². The number of thiazole rings is 1. The molecule has 0 saturated carbocycles. The highest BCUT2D eigenvalue weighted by atomic mass is 32.2. The van der Waals surface area contributed by atoms with Gasteiger partial charge in [0, 0.05) is 48.0 Å². The summed E-state index contributed by atoms with van der Waals surface area (Å²) in [6, 6.07) is 7.21. The highest BCUT2D eigenvalue weighted by molar-refractivity contribution is 8.01. The van der Waals surface area contributed by atoms with Crippen LogP contribution < -0.4 is 5.32 Å². The second-order valence-corrected chi connectivity index (χ2v) is 11.2. The van der Waals surface area contributed by atoms with Crippen molar-refractivity contribution in [1.29, 1.82) is 0 Å². The number of carbonyl (C=O) groups excluding carboxylic acids is 1. The largest absolute Gasteiger partial charge is 0.345 e. The molecule has 3 rings (SSSR count). The van der Waals surface area contributed by atoms with Crippen LogP contribution in [0.15, 0.2) is 50.0 Å². The summed E-state index contributed by atoms with van der Waals surface area (Å²) in [5, 5.41) is 4.91. The van der Waals surface area contributed by atoms with Gasteiger partial charge in [0.15, 0.2) is 4.34 Å². The summed E-state index contributed by atoms with van der Waals surface area (Å²) in [4.78, 5) is 18.5. The lowest BCUT2D eigenvalue weighted by Gasteiger charge is -2.17. The first-order valence-corrected chi connectivity index (χ1v) is 13.0. The first kappa shape index (κ1) is 23.5. The molecule has 0 aliphatic rings. The highest BCUT2D eigenvalue weighted by Crippen LogP contribution is 2.32. The first-order valence-electron chi connectivity index (χ1n) is 9.84. The Kier molecular flexibility index (Phi) is 7.25. The van der Waals surface area contributed by atoms with Gasteiger partial charge in [-0.15, -0.1) is 11.3 Å². The van der Waals surface area contributed by atoms with Crippen LogP contribution in [0, 0.1) is 13.8 Å². The first-order chi connectivity index (χ1) is 14.6. The number of nitrogens with one attached hydrogen (secondary N) is 1. The van der Waals surface area contributed by atoms with E-state index in [4.69, 9.17) is 0 Å². The number of nitrogens with zero attached hydrogens (tertiary/aromatic N) is 3. The highest BCUT2D eigenvalue weighted by Gasteiger charge is 2.25. The van der Waals surface area contributed by atoms with E-state index in [2.05, 4.69) is 10.3 Å². The molecule has 1 amide bonds. The zero-order valence-electron chi connectivity index (χ0n) is 18.2. The average Bonchev–Trinajstić information content (AvgIpc) is 3.30. The summed E-state index contributed by atoms with van der Waals surface area (Å²) in [5.41, 5.74) is 2.87. The van der Waals surface area contributed by atoms with Crippen LogP contribution in [0.2, 0.25) is 0 Å². The molecule has 0 bridgehead atoms. The fourth-order valence-corrected chi connectivity index (χ4v) is 6.56. The number of benzene rings is 1. The molecule has 1 N–H and O–H groups in total. The molecular weight excluding hydrogens is 452 g/mol. The summed E-state index contributed by atoms with van der Waals surface area (Å²) in [5.74, 6) is -0.359. The lowest BCUT2D eigenvalue weighted by atomic mass is 10.2. The SMILES string of the molecule is CCN(CC)S(=O)(=O)c1cc(C(=O)Nc2ccc(Sc3nc(C)cs3)cc2C)n(C)c1. The Morgan fingerprint density at radius 3 is 2.52 bits per heavy atom. The third-order valence-corrected chi connectivity index (χ3v) is 8.87. The fourth-order valence-electron chi connectivity index (χ4n) is 3.12. The Bertz CT molecular complexity index is 1190. The predicted octanol–water partition coefficient (Wildman–Crippen LogP) is 4.53. The van der Waals surface area contributed by atoms with Crippen molar-refractivity contribution in [2.45, 2.75) is 41.8 Å². The maximum absolute atomic E-state index is 12.9. The molecule has 10 heteroatoms. The van der Waals surface area contributed by atoms with Gasteiger partial charge in [-0.3, -0.25) is 4.79 Å². The van der Waals surface area contributed by atoms with Crippen molar-refractivity contribution in [3.63, 3.8) is 0 Å². The van der Waals surface area contributed by atoms with Crippen LogP contribution in [0.5, 0.6) is 0 Å². The standard InChI is InChI=1S/C21H26N4O3S3/c1-6-25(7-2)31(27,28)17-11-19(24(5)12-17)20(26)23-18-9-8-16(10-14(18)3)30-21-22-15(4)13-29-21/h8-13H,6-7H2,1-5H3,(H,23,26). The monoisotopic (exact) mass is 478 g/mol. The number of hydrogen-bond acceptors (Lipinski definition) is 6. The molecule has 0 aliphatic carbocycles. The lowest BCUT2D eigenvalue weighted by Crippen LogP contribution is -2.30. The molecule has 1 aromatic carbocycles. The Balaban J connectivity index is 1.78. The molecule has 31 heavy (non-hydrogen) atoms. The number of amides is 1. The van der Waals surface area contributed by atoms with Gasteiger partial charge >= 0.3 is 0 Å². The molecule has 0 saturated heterocycles. The lowest BCUT2D eigenvalue weighted by molar-refractivity contribution is 0.101. The smallest absolute Gasteiger partial charge is 0.272 e. The number of aromatic nitrogens is 2. The maximum Gasteiger partial charge on any atom is 0.272 e. The number of hydrogen-bond donors (Lipinski definition) is 1. The van der Waals surface area contributed by atoms with Gasteiger partial charge in [0.1, 0.15) is 10.6 Å². The number of sulfonamides is 1. The maximum atomic E-state index is 12.9. The number of rotatable bonds is 8. The fraction of sp³-hybridized carbons (Fsp3) is 0.333. The van der Waals surface area contributed by atoms with Crippen LogP contribution in [0.1, 0.15) is 35.6 Å². The van der Waals surface area contributed by atoms with Gasteiger partial charge in [0.2, 0.25) is 10.0 Å². The van der Waals surface area contributed by atoms with Crippen molar-refractivity contribution in [2.75, 3.05) is 18.4 Å². The Morgan fingerprint density at radius 2 is 1.94 bits per heavy atom. The molecule has 2 aromatic heterocycles. The summed E-state index contributed by atoms with van der Waals surface area (Å²) in [7, 11) is -1.96. The zero-order valence-corrected chi connectivity index (χ0v) is 20.6. The quantitative estimate of drug-likeness (QED) is 0.514. The summed E-state index contributed by atoms with van der Waals surface area (Å²) >= 11 is 3.18. The molecule has 0 aliphatic heterocycles. The minimum atomic E-state index is -3.63. The summed E-state index contributed by atoms with van der Waals surface area (Å²) in [6.07, 6.45) is 1.48. The van der Waals surface area contributed by atoms with E-state index in [1.54, 1.807) is 44.0 Å². The van der Waals surface area contributed by atoms with Gasteiger partial charge in [-0.25, -0.2) is 13.4 Å². The molecule has 3 aromatic rings. The minimum Gasteiger partial charge on any atom is -0.345 e. The van der Waals surface area contributed by atoms with Gasteiger partial charge in [-0.2, -0.15) is 4.31 Å². The summed E-state index contributed by atoms with van der Waals surface area (Å²) < 4.78 is 29.4. The van der Waals surface area contributed by atoms with Crippen LogP contribution in [0.3, 0.4) is 0 Å². The molecular formula is C21H26N4O3S3. The number of carbonyl (C=O) groups is 1. The van der Waals surface area contributed by atoms with E-state index in [1.807, 2.05) is 37.4 Å². The molecule has 0 radical (unpaired) electrons. The van der Waals surface area contributed by atoms with Crippen LogP contribution >= 0.6 is 23.1 Å². The number of aryl methyl sites for hydroxylation is 3. The third-order valence-electron chi connectivity index (χ3n) is 4.80. The second-order valence-electron chi connectivity index (χ2n) is 7.05. The molecule has 0 unspecified atom stereocenters. The van der Waals surface area contributed by atoms with E-state index in [-0.39, 0.29) is 16.5 Å². The minimum absolute atomic E-state index is 0.117. The van der Waals surface area contributed by atoms with Crippen molar-refractivity contribution in [1.82, 2.24) is 13.9 Å². The molecule has 0 spiro atoms. The van der Waals surface area contributed by atoms with E-state index in [1.165, 1.54) is 21.1 Å². The Hall–Kier alpha value is -2.14. The van der Waals surface area contributed by atoms with Crippen molar-refractivity contribution in [3.05, 3.63) is 52.8 Å². The predicted molar refractivity (Wildman–Crippen MR) is 126 cm³/mol. The van der Waals surface area contributed by atoms with Crippen molar-refractivity contribution < 1.29 is 13.2 Å². The molecule has 0 atom stereocenters. The van der Waals surface area contributed by atoms with Crippen molar-refractivity contribution in [2.24, 2.45) is 7.05 Å². The van der Waals surface area contributed by atoms with Gasteiger partial charge < -0.3 is 9.88 Å². The van der Waals surface area contributed by atoms with E-state index in [0.29, 0.717) is 18.8 Å². The average molecular weight is 479 g/mol. The van der Waals surface area contributed by atoms with Crippen LogP contribution in [0.25, 0.3) is 0 Å². The molecule has 0 fully saturated rings. The van der Waals surface area contributed by atoms with E-state index in [9.17, 15) is 13.2 Å². The van der Waals surface area contributed by atoms with Crippen LogP contribution in [-0.2, 0) is 17.1 Å². The third kappa shape index (κ3) is 5.20. The van der Waals surface area contributed by atoms with Crippen LogP contribution in [-0.4, -0.2) is 41.3 Å². The van der Waals surface area contributed by atoms with Gasteiger partial charge in [-0.05, 0) is 43.7 Å². The van der Waals surface area contributed by atoms with Crippen molar-refractivity contribution in [3.8, 4) is 0 Å². The van der Waals surface area contributed by atoms with E-state index in [0.717, 1.165) is 20.5 Å². The van der Waals surface area contributed by atoms with E-state index < -0.39 is 10.0 Å². The van der Waals surface area contributed by atoms with Crippen molar-refractivity contribution >= 4 is 44.7 Å². The molecule has 2 heterocycles. The number of anilines is 1. The van der Waals surface area contributed by atoms with Gasteiger partial charge in [0.25, 0.3) is 5.91 Å². The molecule has 166 valence electrons. The zero-order chi connectivity index (χ0) is 22.8. The summed E-state index contributed by atoms with van der Waals surface area (Å²) in [6.45, 7) is 8.22. The molecule has 7 nitrogen and oxygen atoms in total. The topological polar surface area (TPSA) is 84.3 Å². The van der Waals surface area contributed by atoms with Gasteiger partial charge in [-0.1, -0.05) is 25.6 Å². The Labute approximate surface area is 191 Å². The second kappa shape index (κ2) is 9.56.